The number of hydrogen-bond acceptors (Lipinski definition) is 2. The molecule has 2 rings (SSSR count). The zero-order chi connectivity index (χ0) is 15.2. The molecule has 0 aliphatic heterocycles. The van der Waals surface area contributed by atoms with Gasteiger partial charge in [0.1, 0.15) is 0 Å². The van der Waals surface area contributed by atoms with Crippen LogP contribution in [0.2, 0.25) is 5.02 Å². The predicted octanol–water partition coefficient (Wildman–Crippen LogP) is 4.06. The summed E-state index contributed by atoms with van der Waals surface area (Å²) in [5, 5.41) is 9.46. The minimum atomic E-state index is -0.958. The summed E-state index contributed by atoms with van der Waals surface area (Å²) in [5.41, 5.74) is 2.41. The quantitative estimate of drug-likeness (QED) is 0.875. The molecule has 0 radical (unpaired) electrons. The van der Waals surface area contributed by atoms with Crippen LogP contribution in [-0.2, 0) is 13.1 Å². The molecule has 0 bridgehead atoms. The van der Waals surface area contributed by atoms with Crippen LogP contribution in [0.25, 0.3) is 0 Å². The van der Waals surface area contributed by atoms with E-state index in [9.17, 15) is 4.79 Å². The summed E-state index contributed by atoms with van der Waals surface area (Å²) in [6.45, 7) is 4.53. The molecule has 110 valence electrons. The van der Waals surface area contributed by atoms with E-state index in [2.05, 4.69) is 24.0 Å². The minimum Gasteiger partial charge on any atom is -0.478 e. The highest BCUT2D eigenvalue weighted by Gasteiger charge is 2.10. The fraction of sp³-hybridized carbons (Fsp3) is 0.235. The Morgan fingerprint density at radius 2 is 1.86 bits per heavy atom. The van der Waals surface area contributed by atoms with Gasteiger partial charge < -0.3 is 5.11 Å². The molecular formula is C17H18ClNO2. The van der Waals surface area contributed by atoms with Gasteiger partial charge in [0, 0.05) is 18.1 Å². The second kappa shape index (κ2) is 7.25. The van der Waals surface area contributed by atoms with Crippen LogP contribution in [0.3, 0.4) is 0 Å². The van der Waals surface area contributed by atoms with Crippen LogP contribution in [0.15, 0.2) is 48.5 Å². The van der Waals surface area contributed by atoms with Gasteiger partial charge in [-0.15, -0.1) is 0 Å². The SMILES string of the molecule is CCN(Cc1ccccc1)Cc1ccc(C(=O)O)cc1Cl. The molecule has 1 N–H and O–H groups in total. The zero-order valence-electron chi connectivity index (χ0n) is 11.9. The van der Waals surface area contributed by atoms with E-state index in [1.165, 1.54) is 11.6 Å². The van der Waals surface area contributed by atoms with E-state index >= 15 is 0 Å². The number of rotatable bonds is 6. The van der Waals surface area contributed by atoms with Crippen LogP contribution in [0, 0.1) is 0 Å². The maximum atomic E-state index is 10.9. The lowest BCUT2D eigenvalue weighted by atomic mass is 10.1. The predicted molar refractivity (Wildman–Crippen MR) is 84.6 cm³/mol. The smallest absolute Gasteiger partial charge is 0.335 e. The number of hydrogen-bond donors (Lipinski definition) is 1. The third-order valence-corrected chi connectivity index (χ3v) is 3.74. The first kappa shape index (κ1) is 15.5. The molecule has 0 spiro atoms. The highest BCUT2D eigenvalue weighted by atomic mass is 35.5. The largest absolute Gasteiger partial charge is 0.478 e. The second-order valence-electron chi connectivity index (χ2n) is 4.90. The van der Waals surface area contributed by atoms with E-state index in [1.54, 1.807) is 12.1 Å². The number of carboxylic acids is 1. The molecule has 0 unspecified atom stereocenters. The van der Waals surface area contributed by atoms with Gasteiger partial charge in [0.25, 0.3) is 0 Å². The fourth-order valence-electron chi connectivity index (χ4n) is 2.17. The zero-order valence-corrected chi connectivity index (χ0v) is 12.7. The van der Waals surface area contributed by atoms with Crippen LogP contribution in [0.4, 0.5) is 0 Å². The van der Waals surface area contributed by atoms with Crippen molar-refractivity contribution in [2.45, 2.75) is 20.0 Å². The van der Waals surface area contributed by atoms with E-state index in [4.69, 9.17) is 16.7 Å². The third-order valence-electron chi connectivity index (χ3n) is 3.39. The van der Waals surface area contributed by atoms with Crippen molar-refractivity contribution in [3.63, 3.8) is 0 Å². The number of nitrogens with zero attached hydrogens (tertiary/aromatic N) is 1. The molecule has 3 nitrogen and oxygen atoms in total. The molecule has 0 aromatic heterocycles. The summed E-state index contributed by atoms with van der Waals surface area (Å²) >= 11 is 6.19. The van der Waals surface area contributed by atoms with E-state index in [0.717, 1.165) is 18.7 Å². The van der Waals surface area contributed by atoms with E-state index in [-0.39, 0.29) is 5.56 Å². The van der Waals surface area contributed by atoms with Gasteiger partial charge in [0.15, 0.2) is 0 Å². The van der Waals surface area contributed by atoms with E-state index < -0.39 is 5.97 Å². The molecular weight excluding hydrogens is 286 g/mol. The van der Waals surface area contributed by atoms with Crippen molar-refractivity contribution < 1.29 is 9.90 Å². The Morgan fingerprint density at radius 1 is 1.14 bits per heavy atom. The highest BCUT2D eigenvalue weighted by molar-refractivity contribution is 6.31. The lowest BCUT2D eigenvalue weighted by Crippen LogP contribution is -2.22. The van der Waals surface area contributed by atoms with Crippen LogP contribution in [0.1, 0.15) is 28.4 Å². The molecule has 4 heteroatoms. The maximum absolute atomic E-state index is 10.9. The Bertz CT molecular complexity index is 613. The molecule has 0 heterocycles. The van der Waals surface area contributed by atoms with E-state index in [0.29, 0.717) is 11.6 Å². The monoisotopic (exact) mass is 303 g/mol. The first-order valence-electron chi connectivity index (χ1n) is 6.88. The van der Waals surface area contributed by atoms with Crippen molar-refractivity contribution in [1.29, 1.82) is 0 Å². The molecule has 0 fully saturated rings. The summed E-state index contributed by atoms with van der Waals surface area (Å²) in [6, 6.07) is 15.1. The van der Waals surface area contributed by atoms with Gasteiger partial charge in [-0.25, -0.2) is 4.79 Å². The van der Waals surface area contributed by atoms with E-state index in [1.807, 2.05) is 18.2 Å². The van der Waals surface area contributed by atoms with Gasteiger partial charge in [0.05, 0.1) is 5.56 Å². The standard InChI is InChI=1S/C17H18ClNO2/c1-2-19(11-13-6-4-3-5-7-13)12-15-9-8-14(17(20)21)10-16(15)18/h3-10H,2,11-12H2,1H3,(H,20,21). The number of benzene rings is 2. The molecule has 0 saturated heterocycles. The Labute approximate surface area is 129 Å². The summed E-state index contributed by atoms with van der Waals surface area (Å²) in [6.07, 6.45) is 0. The van der Waals surface area contributed by atoms with Crippen molar-refractivity contribution in [3.8, 4) is 0 Å². The Balaban J connectivity index is 2.10. The Morgan fingerprint density at radius 3 is 2.43 bits per heavy atom. The van der Waals surface area contributed by atoms with Gasteiger partial charge in [-0.05, 0) is 29.8 Å². The third kappa shape index (κ3) is 4.31. The van der Waals surface area contributed by atoms with Gasteiger partial charge in [-0.2, -0.15) is 0 Å². The lowest BCUT2D eigenvalue weighted by molar-refractivity contribution is 0.0697. The van der Waals surface area contributed by atoms with Crippen LogP contribution in [-0.4, -0.2) is 22.5 Å². The molecule has 2 aromatic rings. The summed E-state index contributed by atoms with van der Waals surface area (Å²) < 4.78 is 0. The maximum Gasteiger partial charge on any atom is 0.335 e. The lowest BCUT2D eigenvalue weighted by Gasteiger charge is -2.21. The van der Waals surface area contributed by atoms with Crippen molar-refractivity contribution in [2.75, 3.05) is 6.54 Å². The molecule has 0 aliphatic rings. The number of carboxylic acid groups (broad SMARTS) is 1. The molecule has 0 atom stereocenters. The number of carbonyl (C=O) groups is 1. The van der Waals surface area contributed by atoms with Gasteiger partial charge in [-0.1, -0.05) is 54.9 Å². The Hall–Kier alpha value is -1.84. The topological polar surface area (TPSA) is 40.5 Å². The molecule has 0 saturated carbocycles. The fourth-order valence-corrected chi connectivity index (χ4v) is 2.41. The molecule has 21 heavy (non-hydrogen) atoms. The second-order valence-corrected chi connectivity index (χ2v) is 5.31. The van der Waals surface area contributed by atoms with Crippen molar-refractivity contribution >= 4 is 17.6 Å². The highest BCUT2D eigenvalue weighted by Crippen LogP contribution is 2.20. The van der Waals surface area contributed by atoms with Crippen molar-refractivity contribution in [3.05, 3.63) is 70.2 Å². The summed E-state index contributed by atoms with van der Waals surface area (Å²) in [4.78, 5) is 13.2. The summed E-state index contributed by atoms with van der Waals surface area (Å²) in [5.74, 6) is -0.958. The summed E-state index contributed by atoms with van der Waals surface area (Å²) in [7, 11) is 0. The van der Waals surface area contributed by atoms with Crippen molar-refractivity contribution in [2.24, 2.45) is 0 Å². The minimum absolute atomic E-state index is 0.217. The van der Waals surface area contributed by atoms with Crippen molar-refractivity contribution in [1.82, 2.24) is 4.90 Å². The van der Waals surface area contributed by atoms with Crippen LogP contribution in [0.5, 0.6) is 0 Å². The van der Waals surface area contributed by atoms with Crippen LogP contribution >= 0.6 is 11.6 Å². The van der Waals surface area contributed by atoms with Gasteiger partial charge in [-0.3, -0.25) is 4.90 Å². The molecule has 2 aromatic carbocycles. The average molecular weight is 304 g/mol. The molecule has 0 aliphatic carbocycles. The van der Waals surface area contributed by atoms with Gasteiger partial charge in [0.2, 0.25) is 0 Å². The molecule has 0 amide bonds. The number of aromatic carboxylic acids is 1. The normalized spacial score (nSPS) is 10.8. The van der Waals surface area contributed by atoms with Gasteiger partial charge >= 0.3 is 5.97 Å². The number of halogens is 1. The Kier molecular flexibility index (Phi) is 5.37. The first-order chi connectivity index (χ1) is 10.1. The average Bonchev–Trinajstić information content (AvgIpc) is 2.49. The first-order valence-corrected chi connectivity index (χ1v) is 7.26. The van der Waals surface area contributed by atoms with Crippen LogP contribution < -0.4 is 0 Å².